The molecule has 0 aliphatic rings. The number of carboxylic acid groups (broad SMARTS) is 1. The Morgan fingerprint density at radius 2 is 1.33 bits per heavy atom. The van der Waals surface area contributed by atoms with E-state index < -0.39 is 66.4 Å². The third-order valence-electron chi connectivity index (χ3n) is 3.48. The van der Waals surface area contributed by atoms with Gasteiger partial charge < -0.3 is 10.2 Å². The van der Waals surface area contributed by atoms with E-state index in [4.69, 9.17) is 5.11 Å². The predicted octanol–water partition coefficient (Wildman–Crippen LogP) is 4.65. The summed E-state index contributed by atoms with van der Waals surface area (Å²) in [6, 6.07) is 0. The minimum Gasteiger partial charge on any atom is -0.478 e. The molecule has 0 aliphatic heterocycles. The third kappa shape index (κ3) is 4.82. The lowest BCUT2D eigenvalue weighted by Crippen LogP contribution is -2.69. The Morgan fingerprint density at radius 1 is 0.926 bits per heavy atom. The van der Waals surface area contributed by atoms with E-state index in [0.29, 0.717) is 0 Å². The van der Waals surface area contributed by atoms with Crippen LogP contribution in [-0.2, 0) is 4.79 Å². The average molecular weight is 426 g/mol. The number of hydrogen-bond donors (Lipinski definition) is 2. The van der Waals surface area contributed by atoms with Crippen molar-refractivity contribution in [2.24, 2.45) is 0 Å². The topological polar surface area (TPSA) is 57.5 Å². The molecule has 1 atom stereocenters. The highest BCUT2D eigenvalue weighted by Crippen LogP contribution is 2.59. The van der Waals surface area contributed by atoms with Gasteiger partial charge in [-0.3, -0.25) is 0 Å². The van der Waals surface area contributed by atoms with Gasteiger partial charge in [-0.2, -0.15) is 43.9 Å². The van der Waals surface area contributed by atoms with E-state index in [1.165, 1.54) is 6.92 Å². The molecule has 0 saturated carbocycles. The molecule has 0 aromatic carbocycles. The molecule has 14 heteroatoms. The zero-order chi connectivity index (χ0) is 22.1. The van der Waals surface area contributed by atoms with Gasteiger partial charge in [0.25, 0.3) is 0 Å². The number of aliphatic carboxylic acids is 1. The molecule has 0 aliphatic carbocycles. The van der Waals surface area contributed by atoms with E-state index in [1.807, 2.05) is 0 Å². The standard InChI is InChI=1S/C13H13F11O3/c1-2-7(25)4-3-6(8(26)27)5-9(14,15)11(17,18)10(16,12(19,20)21)13(22,23)24/h5,7,25H,2-4H2,1H3,(H,26,27). The molecule has 2 N–H and O–H groups in total. The van der Waals surface area contributed by atoms with Gasteiger partial charge in [0, 0.05) is 11.6 Å². The number of hydrogen-bond acceptors (Lipinski definition) is 2. The summed E-state index contributed by atoms with van der Waals surface area (Å²) in [6.07, 6.45) is -19.4. The number of carbonyl (C=O) groups is 1. The summed E-state index contributed by atoms with van der Waals surface area (Å²) < 4.78 is 142. The van der Waals surface area contributed by atoms with Gasteiger partial charge in [-0.25, -0.2) is 9.18 Å². The van der Waals surface area contributed by atoms with Crippen molar-refractivity contribution in [3.8, 4) is 0 Å². The molecule has 0 bridgehead atoms. The van der Waals surface area contributed by atoms with Gasteiger partial charge >= 0.3 is 35.8 Å². The van der Waals surface area contributed by atoms with Gasteiger partial charge in [0.1, 0.15) is 0 Å². The Balaban J connectivity index is 6.29. The van der Waals surface area contributed by atoms with Gasteiger partial charge in [0.05, 0.1) is 6.10 Å². The quantitative estimate of drug-likeness (QED) is 0.439. The Hall–Kier alpha value is -1.60. The third-order valence-corrected chi connectivity index (χ3v) is 3.48. The fraction of sp³-hybridized carbons (Fsp3) is 0.769. The first-order valence-corrected chi connectivity index (χ1v) is 6.97. The van der Waals surface area contributed by atoms with Crippen molar-refractivity contribution >= 4 is 5.97 Å². The number of halogens is 11. The van der Waals surface area contributed by atoms with Crippen LogP contribution in [0.1, 0.15) is 26.2 Å². The summed E-state index contributed by atoms with van der Waals surface area (Å²) in [5.41, 5.74) is -9.38. The molecule has 0 heterocycles. The summed E-state index contributed by atoms with van der Waals surface area (Å²) in [7, 11) is 0. The molecule has 0 amide bonds. The van der Waals surface area contributed by atoms with Gasteiger partial charge in [0.15, 0.2) is 0 Å². The SMILES string of the molecule is CCC(O)CCC(=CC(F)(F)C(F)(F)C(F)(C(F)(F)F)C(F)(F)F)C(=O)O. The monoisotopic (exact) mass is 426 g/mol. The second-order valence-corrected chi connectivity index (χ2v) is 5.43. The van der Waals surface area contributed by atoms with Crippen LogP contribution in [0, 0.1) is 0 Å². The van der Waals surface area contributed by atoms with Crippen molar-refractivity contribution in [2.45, 2.75) is 62.2 Å². The van der Waals surface area contributed by atoms with Crippen molar-refractivity contribution in [3.05, 3.63) is 11.6 Å². The van der Waals surface area contributed by atoms with Gasteiger partial charge in [-0.05, 0) is 19.3 Å². The second kappa shape index (κ2) is 7.80. The second-order valence-electron chi connectivity index (χ2n) is 5.43. The van der Waals surface area contributed by atoms with E-state index in [9.17, 15) is 58.2 Å². The van der Waals surface area contributed by atoms with E-state index in [0.717, 1.165) is 0 Å². The minimum absolute atomic E-state index is 0.0464. The van der Waals surface area contributed by atoms with Crippen LogP contribution in [0.25, 0.3) is 0 Å². The highest BCUT2D eigenvalue weighted by Gasteiger charge is 2.89. The molecule has 0 fully saturated rings. The fourth-order valence-corrected chi connectivity index (χ4v) is 1.82. The number of aliphatic hydroxyl groups excluding tert-OH is 1. The molecular formula is C13H13F11O3. The minimum atomic E-state index is -7.65. The highest BCUT2D eigenvalue weighted by molar-refractivity contribution is 5.86. The summed E-state index contributed by atoms with van der Waals surface area (Å²) >= 11 is 0. The first kappa shape index (κ1) is 25.4. The van der Waals surface area contributed by atoms with E-state index in [1.54, 1.807) is 0 Å². The van der Waals surface area contributed by atoms with Crippen LogP contribution >= 0.6 is 0 Å². The molecule has 0 saturated heterocycles. The van der Waals surface area contributed by atoms with Gasteiger partial charge in [0.2, 0.25) is 0 Å². The normalized spacial score (nSPS) is 16.4. The Labute approximate surface area is 144 Å². The van der Waals surface area contributed by atoms with E-state index >= 15 is 0 Å². The van der Waals surface area contributed by atoms with E-state index in [2.05, 4.69) is 0 Å². The predicted molar refractivity (Wildman–Crippen MR) is 67.1 cm³/mol. The van der Waals surface area contributed by atoms with Crippen molar-refractivity contribution in [3.63, 3.8) is 0 Å². The Morgan fingerprint density at radius 3 is 1.63 bits per heavy atom. The molecule has 160 valence electrons. The Kier molecular flexibility index (Phi) is 7.33. The zero-order valence-electron chi connectivity index (χ0n) is 13.2. The van der Waals surface area contributed by atoms with Crippen LogP contribution in [0.2, 0.25) is 0 Å². The molecule has 0 aromatic rings. The van der Waals surface area contributed by atoms with Crippen LogP contribution in [0.3, 0.4) is 0 Å². The number of rotatable bonds is 8. The summed E-state index contributed by atoms with van der Waals surface area (Å²) in [5.74, 6) is -16.3. The molecule has 0 spiro atoms. The Bertz CT molecular complexity index is 549. The lowest BCUT2D eigenvalue weighted by Gasteiger charge is -2.38. The maximum Gasteiger partial charge on any atom is 0.438 e. The zero-order valence-corrected chi connectivity index (χ0v) is 13.2. The first-order chi connectivity index (χ1) is 11.8. The molecule has 0 rings (SSSR count). The van der Waals surface area contributed by atoms with Crippen molar-refractivity contribution in [1.29, 1.82) is 0 Å². The maximum atomic E-state index is 13.6. The molecule has 1 unspecified atom stereocenters. The maximum absolute atomic E-state index is 13.6. The summed E-state index contributed by atoms with van der Waals surface area (Å²) in [5, 5.41) is 17.8. The smallest absolute Gasteiger partial charge is 0.438 e. The van der Waals surface area contributed by atoms with E-state index in [-0.39, 0.29) is 6.42 Å². The largest absolute Gasteiger partial charge is 0.478 e. The molecule has 0 aromatic heterocycles. The van der Waals surface area contributed by atoms with Crippen molar-refractivity contribution in [1.82, 2.24) is 0 Å². The molecule has 3 nitrogen and oxygen atoms in total. The lowest BCUT2D eigenvalue weighted by atomic mass is 9.89. The number of carboxylic acids is 1. The molecule has 27 heavy (non-hydrogen) atoms. The fourth-order valence-electron chi connectivity index (χ4n) is 1.82. The number of alkyl halides is 11. The lowest BCUT2D eigenvalue weighted by molar-refractivity contribution is -0.420. The van der Waals surface area contributed by atoms with Gasteiger partial charge in [-0.15, -0.1) is 0 Å². The van der Waals surface area contributed by atoms with Crippen LogP contribution in [0.4, 0.5) is 48.3 Å². The van der Waals surface area contributed by atoms with Crippen molar-refractivity contribution < 1.29 is 63.3 Å². The number of allylic oxidation sites excluding steroid dienone is 1. The average Bonchev–Trinajstić information content (AvgIpc) is 2.46. The van der Waals surface area contributed by atoms with Crippen LogP contribution in [0.5, 0.6) is 0 Å². The molecule has 0 radical (unpaired) electrons. The van der Waals surface area contributed by atoms with Crippen LogP contribution < -0.4 is 0 Å². The van der Waals surface area contributed by atoms with Crippen molar-refractivity contribution in [2.75, 3.05) is 0 Å². The molecular weight excluding hydrogens is 413 g/mol. The summed E-state index contributed by atoms with van der Waals surface area (Å²) in [4.78, 5) is 10.8. The van der Waals surface area contributed by atoms with Gasteiger partial charge in [-0.1, -0.05) is 6.92 Å². The van der Waals surface area contributed by atoms with Crippen LogP contribution in [-0.4, -0.2) is 52.2 Å². The van der Waals surface area contributed by atoms with Crippen LogP contribution in [0.15, 0.2) is 11.6 Å². The summed E-state index contributed by atoms with van der Waals surface area (Å²) in [6.45, 7) is 1.35. The highest BCUT2D eigenvalue weighted by atomic mass is 19.4. The first-order valence-electron chi connectivity index (χ1n) is 6.97. The number of aliphatic hydroxyl groups is 1.